The van der Waals surface area contributed by atoms with Crippen LogP contribution < -0.4 is 5.32 Å². The summed E-state index contributed by atoms with van der Waals surface area (Å²) in [6.07, 6.45) is 0. The van der Waals surface area contributed by atoms with Gasteiger partial charge >= 0.3 is 0 Å². The molecule has 0 aliphatic rings. The van der Waals surface area contributed by atoms with Crippen molar-refractivity contribution in [1.82, 2.24) is 5.32 Å². The molecule has 0 aromatic heterocycles. The fraction of sp³-hybridized carbons (Fsp3) is 1.00. The maximum absolute atomic E-state index is 11.2. The predicted octanol–water partition coefficient (Wildman–Crippen LogP) is 0.418. The molecule has 0 fully saturated rings. The standard InChI is InChI=1S/C10H23NO3S/c1-5-15(13,14)7-6-11-8-10(4,12)9(2)3/h9,11-12H,5-8H2,1-4H3. The van der Waals surface area contributed by atoms with Crippen molar-refractivity contribution in [2.75, 3.05) is 24.6 Å². The van der Waals surface area contributed by atoms with Crippen molar-refractivity contribution in [3.05, 3.63) is 0 Å². The van der Waals surface area contributed by atoms with Gasteiger partial charge in [0.1, 0.15) is 0 Å². The Hall–Kier alpha value is -0.130. The van der Waals surface area contributed by atoms with E-state index in [2.05, 4.69) is 5.32 Å². The van der Waals surface area contributed by atoms with E-state index in [1.807, 2.05) is 13.8 Å². The van der Waals surface area contributed by atoms with Crippen LogP contribution in [0.15, 0.2) is 0 Å². The van der Waals surface area contributed by atoms with Crippen LogP contribution in [-0.2, 0) is 9.84 Å². The van der Waals surface area contributed by atoms with Gasteiger partial charge < -0.3 is 10.4 Å². The highest BCUT2D eigenvalue weighted by Gasteiger charge is 2.24. The second-order valence-electron chi connectivity index (χ2n) is 4.43. The van der Waals surface area contributed by atoms with Crippen molar-refractivity contribution in [3.8, 4) is 0 Å². The molecule has 1 atom stereocenters. The largest absolute Gasteiger partial charge is 0.389 e. The van der Waals surface area contributed by atoms with Crippen molar-refractivity contribution < 1.29 is 13.5 Å². The predicted molar refractivity (Wildman–Crippen MR) is 62.7 cm³/mol. The molecule has 92 valence electrons. The molecule has 0 saturated carbocycles. The van der Waals surface area contributed by atoms with Crippen LogP contribution in [0.1, 0.15) is 27.7 Å². The van der Waals surface area contributed by atoms with Crippen LogP contribution in [0.5, 0.6) is 0 Å². The molecule has 0 aliphatic heterocycles. The molecule has 0 aromatic carbocycles. The maximum Gasteiger partial charge on any atom is 0.151 e. The van der Waals surface area contributed by atoms with Crippen molar-refractivity contribution in [1.29, 1.82) is 0 Å². The first-order valence-corrected chi connectivity index (χ1v) is 7.17. The number of sulfone groups is 1. The van der Waals surface area contributed by atoms with E-state index >= 15 is 0 Å². The fourth-order valence-corrected chi connectivity index (χ4v) is 1.66. The highest BCUT2D eigenvalue weighted by atomic mass is 32.2. The summed E-state index contributed by atoms with van der Waals surface area (Å²) < 4.78 is 22.3. The number of nitrogens with one attached hydrogen (secondary N) is 1. The molecule has 2 N–H and O–H groups in total. The fourth-order valence-electron chi connectivity index (χ4n) is 0.918. The SMILES string of the molecule is CCS(=O)(=O)CCNCC(C)(O)C(C)C. The summed E-state index contributed by atoms with van der Waals surface area (Å²) in [5, 5.41) is 12.8. The maximum atomic E-state index is 11.2. The van der Waals surface area contributed by atoms with Gasteiger partial charge in [0, 0.05) is 18.8 Å². The third-order valence-electron chi connectivity index (χ3n) is 2.76. The van der Waals surface area contributed by atoms with Crippen LogP contribution in [0.25, 0.3) is 0 Å². The van der Waals surface area contributed by atoms with Gasteiger partial charge in [-0.1, -0.05) is 20.8 Å². The van der Waals surface area contributed by atoms with Crippen LogP contribution >= 0.6 is 0 Å². The number of aliphatic hydroxyl groups is 1. The second kappa shape index (κ2) is 5.82. The molecule has 4 nitrogen and oxygen atoms in total. The van der Waals surface area contributed by atoms with Gasteiger partial charge in [-0.15, -0.1) is 0 Å². The highest BCUT2D eigenvalue weighted by Crippen LogP contribution is 2.14. The average Bonchev–Trinajstić information content (AvgIpc) is 2.12. The lowest BCUT2D eigenvalue weighted by atomic mass is 9.93. The third-order valence-corrected chi connectivity index (χ3v) is 4.46. The zero-order valence-electron chi connectivity index (χ0n) is 10.1. The number of rotatable bonds is 7. The molecule has 0 bridgehead atoms. The average molecular weight is 237 g/mol. The van der Waals surface area contributed by atoms with Crippen LogP contribution in [-0.4, -0.2) is 43.7 Å². The molecular formula is C10H23NO3S. The van der Waals surface area contributed by atoms with Crippen molar-refractivity contribution in [3.63, 3.8) is 0 Å². The minimum absolute atomic E-state index is 0.137. The van der Waals surface area contributed by atoms with E-state index in [9.17, 15) is 13.5 Å². The molecule has 0 rings (SSSR count). The Balaban J connectivity index is 3.82. The van der Waals surface area contributed by atoms with Crippen LogP contribution in [0.3, 0.4) is 0 Å². The first-order valence-electron chi connectivity index (χ1n) is 5.35. The molecule has 0 heterocycles. The summed E-state index contributed by atoms with van der Waals surface area (Å²) in [5.41, 5.74) is -0.782. The summed E-state index contributed by atoms with van der Waals surface area (Å²) in [5.74, 6) is 0.459. The Morgan fingerprint density at radius 3 is 2.33 bits per heavy atom. The second-order valence-corrected chi connectivity index (χ2v) is 6.90. The summed E-state index contributed by atoms with van der Waals surface area (Å²) in [6, 6.07) is 0. The van der Waals surface area contributed by atoms with Crippen molar-refractivity contribution >= 4 is 9.84 Å². The lowest BCUT2D eigenvalue weighted by Crippen LogP contribution is -2.43. The molecule has 0 saturated heterocycles. The van der Waals surface area contributed by atoms with E-state index in [4.69, 9.17) is 0 Å². The Morgan fingerprint density at radius 1 is 1.40 bits per heavy atom. The Morgan fingerprint density at radius 2 is 1.93 bits per heavy atom. The smallest absolute Gasteiger partial charge is 0.151 e. The third kappa shape index (κ3) is 6.12. The van der Waals surface area contributed by atoms with E-state index in [1.165, 1.54) is 0 Å². The van der Waals surface area contributed by atoms with Gasteiger partial charge in [-0.3, -0.25) is 0 Å². The van der Waals surface area contributed by atoms with Gasteiger partial charge in [0.15, 0.2) is 9.84 Å². The molecule has 0 radical (unpaired) electrons. The Kier molecular flexibility index (Phi) is 5.77. The van der Waals surface area contributed by atoms with Gasteiger partial charge in [-0.25, -0.2) is 8.42 Å². The zero-order valence-corrected chi connectivity index (χ0v) is 10.9. The normalized spacial score (nSPS) is 16.7. The van der Waals surface area contributed by atoms with Gasteiger partial charge in [-0.05, 0) is 12.8 Å². The van der Waals surface area contributed by atoms with E-state index in [0.29, 0.717) is 13.1 Å². The quantitative estimate of drug-likeness (QED) is 0.630. The summed E-state index contributed by atoms with van der Waals surface area (Å²) in [6.45, 7) is 8.08. The first kappa shape index (κ1) is 14.9. The molecule has 1 unspecified atom stereocenters. The lowest BCUT2D eigenvalue weighted by Gasteiger charge is -2.27. The molecular weight excluding hydrogens is 214 g/mol. The summed E-state index contributed by atoms with van der Waals surface area (Å²) in [4.78, 5) is 0. The monoisotopic (exact) mass is 237 g/mol. The molecule has 5 heteroatoms. The minimum Gasteiger partial charge on any atom is -0.389 e. The van der Waals surface area contributed by atoms with Crippen LogP contribution in [0.4, 0.5) is 0 Å². The first-order chi connectivity index (χ1) is 6.71. The van der Waals surface area contributed by atoms with Crippen LogP contribution in [0, 0.1) is 5.92 Å². The zero-order chi connectivity index (χ0) is 12.1. The Bertz CT molecular complexity index is 270. The van der Waals surface area contributed by atoms with Crippen molar-refractivity contribution in [2.45, 2.75) is 33.3 Å². The molecule has 0 aromatic rings. The summed E-state index contributed by atoms with van der Waals surface area (Å²) >= 11 is 0. The van der Waals surface area contributed by atoms with E-state index in [0.717, 1.165) is 0 Å². The Labute approximate surface area is 93.0 Å². The van der Waals surface area contributed by atoms with Gasteiger partial charge in [-0.2, -0.15) is 0 Å². The molecule has 0 amide bonds. The minimum atomic E-state index is -2.90. The van der Waals surface area contributed by atoms with Gasteiger partial charge in [0.2, 0.25) is 0 Å². The van der Waals surface area contributed by atoms with Gasteiger partial charge in [0.25, 0.3) is 0 Å². The summed E-state index contributed by atoms with van der Waals surface area (Å²) in [7, 11) is -2.90. The lowest BCUT2D eigenvalue weighted by molar-refractivity contribution is 0.0148. The molecule has 15 heavy (non-hydrogen) atoms. The molecule has 0 aliphatic carbocycles. The van der Waals surface area contributed by atoms with Crippen LogP contribution in [0.2, 0.25) is 0 Å². The van der Waals surface area contributed by atoms with E-state index < -0.39 is 15.4 Å². The van der Waals surface area contributed by atoms with Gasteiger partial charge in [0.05, 0.1) is 11.4 Å². The van der Waals surface area contributed by atoms with E-state index in [-0.39, 0.29) is 17.4 Å². The van der Waals surface area contributed by atoms with Crippen molar-refractivity contribution in [2.24, 2.45) is 5.92 Å². The number of hydrogen-bond donors (Lipinski definition) is 2. The topological polar surface area (TPSA) is 66.4 Å². The van der Waals surface area contributed by atoms with E-state index in [1.54, 1.807) is 13.8 Å². The number of hydrogen-bond acceptors (Lipinski definition) is 4. The molecule has 0 spiro atoms. The highest BCUT2D eigenvalue weighted by molar-refractivity contribution is 7.91.